The van der Waals surface area contributed by atoms with Gasteiger partial charge in [0.2, 0.25) is 0 Å². The number of carbonyl (C=O) groups is 1. The molecule has 0 unspecified atom stereocenters. The maximum atomic E-state index is 12.1. The third-order valence-electron chi connectivity index (χ3n) is 3.03. The summed E-state index contributed by atoms with van der Waals surface area (Å²) in [5.41, 5.74) is 1.24. The Morgan fingerprint density at radius 1 is 1.45 bits per heavy atom. The van der Waals surface area contributed by atoms with Gasteiger partial charge < -0.3 is 10.4 Å². The molecule has 1 aromatic heterocycles. The first-order valence-corrected chi connectivity index (χ1v) is 7.88. The zero-order chi connectivity index (χ0) is 14.2. The Balaban J connectivity index is 1.99. The number of thioether (sulfide) groups is 1. The van der Waals surface area contributed by atoms with E-state index in [1.807, 2.05) is 11.8 Å². The number of nitrogens with zero attached hydrogens (tertiary/aromatic N) is 1. The largest absolute Gasteiger partial charge is 0.395 e. The average molecular weight is 290 g/mol. The highest BCUT2D eigenvalue weighted by molar-refractivity contribution is 7.99. The molecular formula is C15H18N2O2S. The van der Waals surface area contributed by atoms with Crippen molar-refractivity contribution in [2.24, 2.45) is 0 Å². The van der Waals surface area contributed by atoms with Crippen LogP contribution in [0.25, 0.3) is 0 Å². The minimum Gasteiger partial charge on any atom is -0.395 e. The summed E-state index contributed by atoms with van der Waals surface area (Å²) in [6.45, 7) is 0.0420. The second-order valence-electron chi connectivity index (χ2n) is 4.60. The maximum absolute atomic E-state index is 12.1. The summed E-state index contributed by atoms with van der Waals surface area (Å²) in [6, 6.07) is 2.01. The lowest BCUT2D eigenvalue weighted by molar-refractivity contribution is 0.0934. The van der Waals surface area contributed by atoms with Crippen molar-refractivity contribution in [3.8, 4) is 11.8 Å². The molecular weight excluding hydrogens is 272 g/mol. The van der Waals surface area contributed by atoms with E-state index in [0.29, 0.717) is 17.5 Å². The van der Waals surface area contributed by atoms with E-state index >= 15 is 0 Å². The molecule has 106 valence electrons. The first kappa shape index (κ1) is 14.9. The van der Waals surface area contributed by atoms with Gasteiger partial charge in [-0.2, -0.15) is 11.8 Å². The molecule has 1 aromatic rings. The van der Waals surface area contributed by atoms with E-state index in [9.17, 15) is 4.79 Å². The summed E-state index contributed by atoms with van der Waals surface area (Å²) >= 11 is 1.93. The van der Waals surface area contributed by atoms with Crippen LogP contribution in [0.3, 0.4) is 0 Å². The number of nitrogens with one attached hydrogen (secondary N) is 1. The summed E-state index contributed by atoms with van der Waals surface area (Å²) in [6.07, 6.45) is 5.67. The number of hydrogen-bond donors (Lipinski definition) is 2. The number of aromatic nitrogens is 1. The molecule has 2 heterocycles. The summed E-state index contributed by atoms with van der Waals surface area (Å²) < 4.78 is 0. The number of amides is 1. The molecule has 0 aliphatic carbocycles. The number of hydrogen-bond acceptors (Lipinski definition) is 4. The summed E-state index contributed by atoms with van der Waals surface area (Å²) in [7, 11) is 0. The molecule has 1 amide bonds. The fourth-order valence-corrected chi connectivity index (χ4v) is 3.07. The van der Waals surface area contributed by atoms with Crippen LogP contribution < -0.4 is 5.32 Å². The molecule has 20 heavy (non-hydrogen) atoms. The number of carbonyl (C=O) groups excluding carboxylic acids is 1. The van der Waals surface area contributed by atoms with Gasteiger partial charge in [0.15, 0.2) is 0 Å². The SMILES string of the molecule is O=C(NC1CCSCC1)c1cncc(C#CCCO)c1. The van der Waals surface area contributed by atoms with Crippen LogP contribution in [0.2, 0.25) is 0 Å². The van der Waals surface area contributed by atoms with Crippen LogP contribution in [0.5, 0.6) is 0 Å². The van der Waals surface area contributed by atoms with Gasteiger partial charge in [-0.15, -0.1) is 0 Å². The molecule has 1 aliphatic heterocycles. The van der Waals surface area contributed by atoms with Crippen molar-refractivity contribution in [3.63, 3.8) is 0 Å². The minimum absolute atomic E-state index is 0.0420. The quantitative estimate of drug-likeness (QED) is 0.827. The third-order valence-corrected chi connectivity index (χ3v) is 4.08. The molecule has 0 radical (unpaired) electrons. The van der Waals surface area contributed by atoms with Gasteiger partial charge >= 0.3 is 0 Å². The first-order valence-electron chi connectivity index (χ1n) is 6.73. The van der Waals surface area contributed by atoms with Gasteiger partial charge in [-0.05, 0) is 30.4 Å². The van der Waals surface area contributed by atoms with Crippen molar-refractivity contribution < 1.29 is 9.90 Å². The van der Waals surface area contributed by atoms with Gasteiger partial charge in [-0.1, -0.05) is 11.8 Å². The highest BCUT2D eigenvalue weighted by Crippen LogP contribution is 2.17. The first-order chi connectivity index (χ1) is 9.79. The fourth-order valence-electron chi connectivity index (χ4n) is 1.96. The number of aliphatic hydroxyl groups excluding tert-OH is 1. The maximum Gasteiger partial charge on any atom is 0.253 e. The summed E-state index contributed by atoms with van der Waals surface area (Å²) in [5.74, 6) is 7.84. The smallest absolute Gasteiger partial charge is 0.253 e. The number of aliphatic hydroxyl groups is 1. The third kappa shape index (κ3) is 4.55. The molecule has 0 saturated carbocycles. The van der Waals surface area contributed by atoms with E-state index < -0.39 is 0 Å². The lowest BCUT2D eigenvalue weighted by Gasteiger charge is -2.22. The van der Waals surface area contributed by atoms with Gasteiger partial charge in [0.05, 0.1) is 12.2 Å². The van der Waals surface area contributed by atoms with Crippen LogP contribution in [0, 0.1) is 11.8 Å². The van der Waals surface area contributed by atoms with Crippen molar-refractivity contribution in [2.45, 2.75) is 25.3 Å². The summed E-state index contributed by atoms with van der Waals surface area (Å²) in [4.78, 5) is 16.2. The Morgan fingerprint density at radius 2 is 2.25 bits per heavy atom. The highest BCUT2D eigenvalue weighted by atomic mass is 32.2. The molecule has 2 rings (SSSR count). The van der Waals surface area contributed by atoms with Crippen molar-refractivity contribution >= 4 is 17.7 Å². The van der Waals surface area contributed by atoms with Crippen molar-refractivity contribution in [1.29, 1.82) is 0 Å². The molecule has 5 heteroatoms. The molecule has 0 bridgehead atoms. The highest BCUT2D eigenvalue weighted by Gasteiger charge is 2.17. The predicted molar refractivity (Wildman–Crippen MR) is 80.6 cm³/mol. The molecule has 0 aromatic carbocycles. The summed E-state index contributed by atoms with van der Waals surface area (Å²) in [5, 5.41) is 11.7. The molecule has 0 atom stereocenters. The molecule has 0 spiro atoms. The van der Waals surface area contributed by atoms with Crippen LogP contribution >= 0.6 is 11.8 Å². The Hall–Kier alpha value is -1.51. The number of rotatable bonds is 3. The Kier molecular flexibility index (Phi) is 5.90. The van der Waals surface area contributed by atoms with Crippen molar-refractivity contribution in [2.75, 3.05) is 18.1 Å². The Labute approximate surface area is 123 Å². The van der Waals surface area contributed by atoms with E-state index in [-0.39, 0.29) is 18.6 Å². The second kappa shape index (κ2) is 7.93. The lowest BCUT2D eigenvalue weighted by atomic mass is 10.1. The fraction of sp³-hybridized carbons (Fsp3) is 0.467. The van der Waals surface area contributed by atoms with Gasteiger partial charge in [0, 0.05) is 30.4 Å². The van der Waals surface area contributed by atoms with Gasteiger partial charge in [-0.25, -0.2) is 0 Å². The zero-order valence-corrected chi connectivity index (χ0v) is 12.1. The second-order valence-corrected chi connectivity index (χ2v) is 5.82. The predicted octanol–water partition coefficient (Wildman–Crippen LogP) is 1.44. The average Bonchev–Trinajstić information content (AvgIpc) is 2.49. The van der Waals surface area contributed by atoms with Crippen LogP contribution in [0.15, 0.2) is 18.5 Å². The molecule has 1 saturated heterocycles. The van der Waals surface area contributed by atoms with Gasteiger partial charge in [0.25, 0.3) is 5.91 Å². The van der Waals surface area contributed by atoms with Gasteiger partial charge in [0.1, 0.15) is 0 Å². The normalized spacial score (nSPS) is 15.2. The van der Waals surface area contributed by atoms with Gasteiger partial charge in [-0.3, -0.25) is 9.78 Å². The van der Waals surface area contributed by atoms with Crippen LogP contribution in [0.1, 0.15) is 35.2 Å². The monoisotopic (exact) mass is 290 g/mol. The number of pyridine rings is 1. The molecule has 4 nitrogen and oxygen atoms in total. The lowest BCUT2D eigenvalue weighted by Crippen LogP contribution is -2.37. The van der Waals surface area contributed by atoms with Crippen molar-refractivity contribution in [3.05, 3.63) is 29.6 Å². The van der Waals surface area contributed by atoms with Crippen molar-refractivity contribution in [1.82, 2.24) is 10.3 Å². The van der Waals surface area contributed by atoms with Crippen LogP contribution in [0.4, 0.5) is 0 Å². The Bertz CT molecular complexity index is 516. The van der Waals surface area contributed by atoms with E-state index in [1.54, 1.807) is 18.5 Å². The zero-order valence-electron chi connectivity index (χ0n) is 11.3. The molecule has 2 N–H and O–H groups in total. The standard InChI is InChI=1S/C15H18N2O2S/c18-6-2-1-3-12-9-13(11-16-10-12)15(19)17-14-4-7-20-8-5-14/h9-11,14,18H,2,4-8H2,(H,17,19). The Morgan fingerprint density at radius 3 is 3.00 bits per heavy atom. The topological polar surface area (TPSA) is 62.2 Å². The van der Waals surface area contributed by atoms with E-state index in [1.165, 1.54) is 0 Å². The van der Waals surface area contributed by atoms with E-state index in [4.69, 9.17) is 5.11 Å². The minimum atomic E-state index is -0.0831. The van der Waals surface area contributed by atoms with E-state index in [0.717, 1.165) is 24.3 Å². The van der Waals surface area contributed by atoms with Crippen LogP contribution in [-0.2, 0) is 0 Å². The molecule has 1 aliphatic rings. The van der Waals surface area contributed by atoms with Crippen LogP contribution in [-0.4, -0.2) is 40.2 Å². The molecule has 1 fully saturated rings. The van der Waals surface area contributed by atoms with E-state index in [2.05, 4.69) is 22.1 Å².